The summed E-state index contributed by atoms with van der Waals surface area (Å²) < 4.78 is 23.8. The normalized spacial score (nSPS) is 16.8. The van der Waals surface area contributed by atoms with E-state index in [1.807, 2.05) is 53.2 Å². The fourth-order valence-corrected chi connectivity index (χ4v) is 8.26. The van der Waals surface area contributed by atoms with Crippen LogP contribution in [0.25, 0.3) is 10.8 Å². The second-order valence-corrected chi connectivity index (χ2v) is 15.3. The number of hydrogen-bond acceptors (Lipinski definition) is 10. The van der Waals surface area contributed by atoms with E-state index in [4.69, 9.17) is 0 Å². The number of fused-ring (bicyclic) bond motifs is 2. The van der Waals surface area contributed by atoms with Crippen LogP contribution in [0.4, 0.5) is 10.8 Å². The minimum atomic E-state index is -3.49. The number of thiophene rings is 1. The Kier molecular flexibility index (Phi) is 9.54. The van der Waals surface area contributed by atoms with Crippen molar-refractivity contribution in [2.45, 2.75) is 37.4 Å². The number of sulfone groups is 1. The van der Waals surface area contributed by atoms with E-state index in [0.29, 0.717) is 60.3 Å². The summed E-state index contributed by atoms with van der Waals surface area (Å²) in [7, 11) is -1.58. The van der Waals surface area contributed by atoms with Gasteiger partial charge in [-0.25, -0.2) is 18.4 Å². The van der Waals surface area contributed by atoms with E-state index in [9.17, 15) is 23.3 Å². The fourth-order valence-electron chi connectivity index (χ4n) is 6.54. The first kappa shape index (κ1) is 32.6. The number of carbonyl (C=O) groups is 2. The molecular weight excluding hydrogens is 635 g/mol. The number of likely N-dealkylation sites (tertiary alicyclic amines) is 1. The van der Waals surface area contributed by atoms with E-state index in [-0.39, 0.29) is 17.0 Å². The van der Waals surface area contributed by atoms with Gasteiger partial charge in [0.2, 0.25) is 20.9 Å². The van der Waals surface area contributed by atoms with Gasteiger partial charge in [0.25, 0.3) is 5.91 Å². The number of amides is 2. The summed E-state index contributed by atoms with van der Waals surface area (Å²) in [5, 5.41) is 15.2. The summed E-state index contributed by atoms with van der Waals surface area (Å²) in [4.78, 5) is 41.9. The van der Waals surface area contributed by atoms with Gasteiger partial charge >= 0.3 is 0 Å². The molecule has 2 aliphatic rings. The summed E-state index contributed by atoms with van der Waals surface area (Å²) in [6.45, 7) is 4.13. The lowest BCUT2D eigenvalue weighted by Crippen LogP contribution is -2.42. The van der Waals surface area contributed by atoms with Gasteiger partial charge in [-0.05, 0) is 60.2 Å². The van der Waals surface area contributed by atoms with Crippen LogP contribution in [0.3, 0.4) is 0 Å². The number of carbonyl (C=O) groups excluding carboxylic acids is 2. The molecule has 47 heavy (non-hydrogen) atoms. The van der Waals surface area contributed by atoms with Gasteiger partial charge < -0.3 is 20.0 Å². The quantitative estimate of drug-likeness (QED) is 0.258. The molecule has 0 bridgehead atoms. The van der Waals surface area contributed by atoms with Gasteiger partial charge in [-0.15, -0.1) is 11.3 Å². The molecule has 0 spiro atoms. The van der Waals surface area contributed by atoms with Crippen LogP contribution in [-0.4, -0.2) is 86.0 Å². The largest absolute Gasteiger partial charge is 0.359 e. The number of anilines is 2. The number of nitrogens with zero attached hydrogens (tertiary/aromatic N) is 6. The van der Waals surface area contributed by atoms with Gasteiger partial charge in [-0.2, -0.15) is 5.26 Å². The number of piperidine rings is 1. The molecule has 0 aliphatic carbocycles. The highest BCUT2D eigenvalue weighted by Gasteiger charge is 2.29. The SMILES string of the molecule is CN(CC1CCCN(CCC(=O)N2CCc3c(sc(NC(=O)c4cccc5ccccc45)c3C#N)C2)C1)c1ccnc(S(C)(=O)=O)n1. The minimum Gasteiger partial charge on any atom is -0.359 e. The smallest absolute Gasteiger partial charge is 0.256 e. The Balaban J connectivity index is 1.04. The van der Waals surface area contributed by atoms with E-state index in [1.54, 1.807) is 12.1 Å². The first-order valence-corrected chi connectivity index (χ1v) is 18.4. The van der Waals surface area contributed by atoms with Gasteiger partial charge in [-0.1, -0.05) is 36.4 Å². The number of aromatic nitrogens is 2. The number of benzene rings is 2. The Bertz CT molecular complexity index is 1970. The van der Waals surface area contributed by atoms with Crippen molar-refractivity contribution in [1.29, 1.82) is 5.26 Å². The molecule has 2 aliphatic heterocycles. The van der Waals surface area contributed by atoms with E-state index < -0.39 is 9.84 Å². The Morgan fingerprint density at radius 1 is 1.15 bits per heavy atom. The van der Waals surface area contributed by atoms with Crippen LogP contribution < -0.4 is 10.2 Å². The third-order valence-electron chi connectivity index (χ3n) is 8.90. The minimum absolute atomic E-state index is 0.0810. The van der Waals surface area contributed by atoms with Gasteiger partial charge in [0, 0.05) is 62.5 Å². The Labute approximate surface area is 278 Å². The number of nitrogens with one attached hydrogen (secondary N) is 1. The molecule has 1 N–H and O–H groups in total. The zero-order valence-corrected chi connectivity index (χ0v) is 28.1. The lowest BCUT2D eigenvalue weighted by molar-refractivity contribution is -0.132. The predicted octanol–water partition coefficient (Wildman–Crippen LogP) is 4.34. The molecule has 0 radical (unpaired) electrons. The summed E-state index contributed by atoms with van der Waals surface area (Å²) in [5.74, 6) is 0.752. The van der Waals surface area contributed by atoms with Crippen molar-refractivity contribution in [3.63, 3.8) is 0 Å². The Morgan fingerprint density at radius 3 is 2.77 bits per heavy atom. The molecule has 4 aromatic rings. The highest BCUT2D eigenvalue weighted by Crippen LogP contribution is 2.37. The molecule has 2 aromatic carbocycles. The molecule has 4 heterocycles. The standard InChI is InChI=1S/C34H37N7O4S2/c1-39(30-12-15-36-34(37-30)47(2,44)45)20-23-7-6-16-40(21-23)17-14-31(42)41-18-13-26-28(19-35)33(46-29(26)22-41)38-32(43)27-11-5-9-24-8-3-4-10-25(24)27/h3-5,8-12,15,23H,6-7,13-14,16-18,20-22H2,1-2H3,(H,38,43). The lowest BCUT2D eigenvalue weighted by Gasteiger charge is -2.35. The molecule has 1 atom stereocenters. The second-order valence-electron chi connectivity index (χ2n) is 12.3. The molecule has 2 amide bonds. The molecule has 0 saturated carbocycles. The molecule has 1 saturated heterocycles. The van der Waals surface area contributed by atoms with Gasteiger partial charge in [0.1, 0.15) is 16.9 Å². The summed E-state index contributed by atoms with van der Waals surface area (Å²) >= 11 is 1.38. The van der Waals surface area contributed by atoms with Crippen molar-refractivity contribution in [1.82, 2.24) is 19.8 Å². The maximum Gasteiger partial charge on any atom is 0.256 e. The molecular formula is C34H37N7O4S2. The lowest BCUT2D eigenvalue weighted by atomic mass is 9.97. The number of nitriles is 1. The predicted molar refractivity (Wildman–Crippen MR) is 182 cm³/mol. The topological polar surface area (TPSA) is 140 Å². The van der Waals surface area contributed by atoms with Gasteiger partial charge in [0.05, 0.1) is 12.1 Å². The monoisotopic (exact) mass is 671 g/mol. The van der Waals surface area contributed by atoms with Crippen molar-refractivity contribution in [3.8, 4) is 6.07 Å². The molecule has 11 nitrogen and oxygen atoms in total. The number of rotatable bonds is 9. The van der Waals surface area contributed by atoms with Crippen LogP contribution >= 0.6 is 11.3 Å². The third kappa shape index (κ3) is 7.30. The van der Waals surface area contributed by atoms with E-state index in [0.717, 1.165) is 59.9 Å². The number of hydrogen-bond donors (Lipinski definition) is 1. The zero-order chi connectivity index (χ0) is 33.1. The summed E-state index contributed by atoms with van der Waals surface area (Å²) in [5.41, 5.74) is 1.96. The first-order chi connectivity index (χ1) is 22.6. The maximum absolute atomic E-state index is 13.4. The molecule has 244 valence electrons. The average Bonchev–Trinajstić information content (AvgIpc) is 3.42. The van der Waals surface area contributed by atoms with Crippen LogP contribution in [0.5, 0.6) is 0 Å². The van der Waals surface area contributed by atoms with Crippen molar-refractivity contribution in [2.24, 2.45) is 5.92 Å². The van der Waals surface area contributed by atoms with Crippen LogP contribution in [0.1, 0.15) is 45.6 Å². The summed E-state index contributed by atoms with van der Waals surface area (Å²) in [6, 6.07) is 17.3. The van der Waals surface area contributed by atoms with Crippen LogP contribution in [0.15, 0.2) is 59.9 Å². The van der Waals surface area contributed by atoms with Gasteiger partial charge in [0.15, 0.2) is 0 Å². The third-order valence-corrected chi connectivity index (χ3v) is 10.9. The van der Waals surface area contributed by atoms with E-state index in [1.165, 1.54) is 17.5 Å². The van der Waals surface area contributed by atoms with E-state index >= 15 is 0 Å². The first-order valence-electron chi connectivity index (χ1n) is 15.7. The van der Waals surface area contributed by atoms with Crippen LogP contribution in [0, 0.1) is 17.2 Å². The van der Waals surface area contributed by atoms with Crippen LogP contribution in [-0.2, 0) is 27.6 Å². The molecule has 1 fully saturated rings. The zero-order valence-electron chi connectivity index (χ0n) is 26.5. The molecule has 2 aromatic heterocycles. The Hall–Kier alpha value is -4.38. The molecule has 6 rings (SSSR count). The molecule has 1 unspecified atom stereocenters. The van der Waals surface area contributed by atoms with Crippen molar-refractivity contribution in [2.75, 3.05) is 56.2 Å². The highest BCUT2D eigenvalue weighted by atomic mass is 32.2. The average molecular weight is 672 g/mol. The highest BCUT2D eigenvalue weighted by molar-refractivity contribution is 7.90. The Morgan fingerprint density at radius 2 is 1.96 bits per heavy atom. The fraction of sp³-hybridized carbons (Fsp3) is 0.382. The summed E-state index contributed by atoms with van der Waals surface area (Å²) in [6.07, 6.45) is 5.63. The van der Waals surface area contributed by atoms with Crippen LogP contribution in [0.2, 0.25) is 0 Å². The van der Waals surface area contributed by atoms with Crippen molar-refractivity contribution >= 4 is 54.6 Å². The van der Waals surface area contributed by atoms with Crippen molar-refractivity contribution < 1.29 is 18.0 Å². The molecule has 13 heteroatoms. The maximum atomic E-state index is 13.4. The van der Waals surface area contributed by atoms with Gasteiger partial charge in [-0.3, -0.25) is 9.59 Å². The van der Waals surface area contributed by atoms with Crippen molar-refractivity contribution in [3.05, 3.63) is 76.3 Å². The second kappa shape index (κ2) is 13.8. The van der Waals surface area contributed by atoms with E-state index in [2.05, 4.69) is 26.3 Å².